The molecule has 0 aliphatic rings. The van der Waals surface area contributed by atoms with Crippen LogP contribution in [0, 0.1) is 36.7 Å². The fourth-order valence-corrected chi connectivity index (χ4v) is 7.74. The molecule has 0 spiro atoms. The number of hydrogen-bond acceptors (Lipinski definition) is 4. The van der Waals surface area contributed by atoms with Crippen LogP contribution in [0.25, 0.3) is 43.4 Å². The molecule has 0 atom stereocenters. The molecule has 3 aromatic carbocycles. The van der Waals surface area contributed by atoms with Crippen molar-refractivity contribution < 1.29 is 30.0 Å². The van der Waals surface area contributed by atoms with Gasteiger partial charge in [-0.1, -0.05) is 136 Å². The molecule has 287 valence electrons. The van der Waals surface area contributed by atoms with Crippen LogP contribution in [0.4, 0.5) is 0 Å². The van der Waals surface area contributed by atoms with Crippen molar-refractivity contribution in [3.05, 3.63) is 100 Å². The van der Waals surface area contributed by atoms with Crippen LogP contribution in [0.3, 0.4) is 0 Å². The van der Waals surface area contributed by atoms with Gasteiger partial charge in [0.05, 0.1) is 0 Å². The van der Waals surface area contributed by atoms with E-state index >= 15 is 0 Å². The van der Waals surface area contributed by atoms with Crippen molar-refractivity contribution in [1.82, 2.24) is 4.98 Å². The molecule has 0 saturated heterocycles. The molecule has 5 aromatic rings. The first-order valence-corrected chi connectivity index (χ1v) is 20.1. The molecule has 53 heavy (non-hydrogen) atoms. The maximum atomic E-state index is 12.2. The Morgan fingerprint density at radius 3 is 2.00 bits per heavy atom. The zero-order valence-corrected chi connectivity index (χ0v) is 37.7. The van der Waals surface area contributed by atoms with Gasteiger partial charge in [-0.05, 0) is 79.5 Å². The number of carbonyl (C=O) groups is 1. The Morgan fingerprint density at radius 1 is 0.868 bits per heavy atom. The molecular formula is C48H62IrNO2S-. The number of nitrogens with zero attached hydrogens (tertiary/aromatic N) is 1. The van der Waals surface area contributed by atoms with E-state index in [1.165, 1.54) is 49.5 Å². The summed E-state index contributed by atoms with van der Waals surface area (Å²) < 4.78 is 0. The number of rotatable bonds is 11. The van der Waals surface area contributed by atoms with E-state index in [1.54, 1.807) is 11.3 Å². The Morgan fingerprint density at radius 2 is 1.45 bits per heavy atom. The molecule has 0 unspecified atom stereocenters. The summed E-state index contributed by atoms with van der Waals surface area (Å²) in [7, 11) is 0. The number of ketones is 1. The Kier molecular flexibility index (Phi) is 15.1. The van der Waals surface area contributed by atoms with Crippen LogP contribution < -0.4 is 0 Å². The van der Waals surface area contributed by atoms with Crippen LogP contribution in [-0.4, -0.2) is 15.9 Å². The Bertz CT molecular complexity index is 2040. The van der Waals surface area contributed by atoms with Gasteiger partial charge >= 0.3 is 0 Å². The molecule has 2 aromatic heterocycles. The number of aliphatic hydroxyl groups is 1. The molecule has 0 aliphatic heterocycles. The van der Waals surface area contributed by atoms with Crippen LogP contribution in [-0.2, 0) is 36.7 Å². The van der Waals surface area contributed by atoms with Crippen molar-refractivity contribution in [1.29, 1.82) is 0 Å². The molecule has 0 fully saturated rings. The summed E-state index contributed by atoms with van der Waals surface area (Å²) in [6, 6.07) is 26.0. The van der Waals surface area contributed by atoms with Gasteiger partial charge < -0.3 is 5.11 Å². The van der Waals surface area contributed by atoms with E-state index in [9.17, 15) is 9.90 Å². The second kappa shape index (κ2) is 18.0. The fourth-order valence-electron chi connectivity index (χ4n) is 6.69. The summed E-state index contributed by atoms with van der Waals surface area (Å²) >= 11 is 1.80. The Hall–Kier alpha value is -3.11. The average Bonchev–Trinajstić information content (AvgIpc) is 3.42. The third-order valence-electron chi connectivity index (χ3n) is 11.5. The van der Waals surface area contributed by atoms with Gasteiger partial charge in [0.1, 0.15) is 10.6 Å². The molecule has 0 bridgehead atoms. The molecule has 5 rings (SSSR count). The number of thiophene rings is 1. The number of allylic oxidation sites excluding steroid dienone is 2. The largest absolute Gasteiger partial charge is 0.512 e. The molecule has 0 amide bonds. The van der Waals surface area contributed by atoms with E-state index in [4.69, 9.17) is 4.98 Å². The van der Waals surface area contributed by atoms with Crippen molar-refractivity contribution in [2.45, 2.75) is 128 Å². The van der Waals surface area contributed by atoms with Gasteiger partial charge in [-0.15, -0.1) is 40.5 Å². The van der Waals surface area contributed by atoms with E-state index in [0.717, 1.165) is 53.6 Å². The molecule has 3 nitrogen and oxygen atoms in total. The summed E-state index contributed by atoms with van der Waals surface area (Å²) in [5.41, 5.74) is 8.07. The number of fused-ring (bicyclic) bond motifs is 2. The standard InChI is InChI=1S/C33H34NS.C15H28O2.Ir/c1-20(2)16-23-12-14-24(15-13-23)28-19-30(34-32-31(28)21(3)22(4)35-32)26-17-25-10-8-9-11-27(25)29(18-26)33(5,6)7;1-7-14(5,8-2)12(16)11-13(17)15(6,9-3)10-4;/h8-15,18-20H,16H2,1-7H3;11,16H,7-10H2,1-6H3;/q-1;;/b;12-11-;. The van der Waals surface area contributed by atoms with Crippen molar-refractivity contribution in [3.63, 3.8) is 0 Å². The zero-order chi connectivity index (χ0) is 38.6. The van der Waals surface area contributed by atoms with Gasteiger partial charge in [0.2, 0.25) is 0 Å². The quantitative estimate of drug-likeness (QED) is 0.0816. The van der Waals surface area contributed by atoms with Crippen molar-refractivity contribution >= 4 is 38.1 Å². The smallest absolute Gasteiger partial charge is 0.164 e. The van der Waals surface area contributed by atoms with Crippen LogP contribution in [0.1, 0.15) is 123 Å². The number of carbonyl (C=O) groups excluding carboxylic acids is 1. The molecule has 1 radical (unpaired) electrons. The van der Waals surface area contributed by atoms with E-state index in [1.807, 2.05) is 41.5 Å². The minimum atomic E-state index is -0.337. The number of aryl methyl sites for hydroxylation is 2. The summed E-state index contributed by atoms with van der Waals surface area (Å²) in [4.78, 5) is 19.8. The van der Waals surface area contributed by atoms with Crippen molar-refractivity contribution in [2.75, 3.05) is 0 Å². The summed E-state index contributed by atoms with van der Waals surface area (Å²) in [5.74, 6) is 0.941. The van der Waals surface area contributed by atoms with E-state index < -0.39 is 0 Å². The van der Waals surface area contributed by atoms with Gasteiger partial charge in [0, 0.05) is 53.0 Å². The van der Waals surface area contributed by atoms with Crippen LogP contribution in [0.15, 0.2) is 72.5 Å². The molecule has 0 aliphatic carbocycles. The summed E-state index contributed by atoms with van der Waals surface area (Å²) in [5, 5.41) is 13.8. The Labute approximate surface area is 338 Å². The maximum absolute atomic E-state index is 12.2. The summed E-state index contributed by atoms with van der Waals surface area (Å²) in [6.45, 7) is 27.9. The first-order valence-electron chi connectivity index (χ1n) is 19.3. The molecule has 0 saturated carbocycles. The van der Waals surface area contributed by atoms with Crippen LogP contribution >= 0.6 is 11.3 Å². The van der Waals surface area contributed by atoms with E-state index in [-0.39, 0.29) is 47.9 Å². The molecule has 2 heterocycles. The Balaban J connectivity index is 0.000000359. The minimum absolute atomic E-state index is 0. The van der Waals surface area contributed by atoms with E-state index in [0.29, 0.717) is 5.92 Å². The van der Waals surface area contributed by atoms with Gasteiger partial charge in [-0.25, -0.2) is 0 Å². The first-order chi connectivity index (χ1) is 24.4. The van der Waals surface area contributed by atoms with E-state index in [2.05, 4.69) is 115 Å². The van der Waals surface area contributed by atoms with Crippen LogP contribution in [0.5, 0.6) is 0 Å². The molecule has 5 heteroatoms. The normalized spacial score (nSPS) is 12.5. The maximum Gasteiger partial charge on any atom is 0.164 e. The SMILES string of the molecule is CCC(C)(CC)C(=O)/C=C(\O)C(C)(CC)CC.Cc1sc2nc(-c3[c-]c4ccccc4c(C(C)(C)C)c3)cc(-c3ccc(CC(C)C)cc3)c2c1C.[Ir]. The number of aliphatic hydroxyl groups excluding tert-OH is 1. The minimum Gasteiger partial charge on any atom is -0.512 e. The topological polar surface area (TPSA) is 50.2 Å². The average molecular weight is 909 g/mol. The fraction of sp³-hybridized carbons (Fsp3) is 0.458. The number of aromatic nitrogens is 1. The number of hydrogen-bond donors (Lipinski definition) is 1. The second-order valence-electron chi connectivity index (χ2n) is 16.6. The molecule has 1 N–H and O–H groups in total. The van der Waals surface area contributed by atoms with Gasteiger partial charge in [-0.2, -0.15) is 0 Å². The summed E-state index contributed by atoms with van der Waals surface area (Å²) in [6.07, 6.45) is 5.86. The predicted octanol–water partition coefficient (Wildman–Crippen LogP) is 14.3. The van der Waals surface area contributed by atoms with Gasteiger partial charge in [0.25, 0.3) is 0 Å². The number of pyridine rings is 1. The molecular weight excluding hydrogens is 847 g/mol. The van der Waals surface area contributed by atoms with Crippen LogP contribution in [0.2, 0.25) is 0 Å². The third-order valence-corrected chi connectivity index (χ3v) is 12.6. The third kappa shape index (κ3) is 9.96. The zero-order valence-electron chi connectivity index (χ0n) is 34.5. The first kappa shape index (κ1) is 44.3. The van der Waals surface area contributed by atoms with Crippen molar-refractivity contribution in [2.24, 2.45) is 16.7 Å². The van der Waals surface area contributed by atoms with Gasteiger partial charge in [-0.3, -0.25) is 9.78 Å². The monoisotopic (exact) mass is 909 g/mol. The predicted molar refractivity (Wildman–Crippen MR) is 227 cm³/mol. The number of benzene rings is 3. The van der Waals surface area contributed by atoms with Crippen molar-refractivity contribution in [3.8, 4) is 22.4 Å². The van der Waals surface area contributed by atoms with Gasteiger partial charge in [0.15, 0.2) is 5.78 Å². The second-order valence-corrected chi connectivity index (χ2v) is 17.8.